The number of hydrogen-bond donors (Lipinski definition) is 3. The van der Waals surface area contributed by atoms with Gasteiger partial charge in [0.15, 0.2) is 0 Å². The summed E-state index contributed by atoms with van der Waals surface area (Å²) >= 11 is 0. The highest BCUT2D eigenvalue weighted by Crippen LogP contribution is 2.00. The monoisotopic (exact) mass is 271 g/mol. The van der Waals surface area contributed by atoms with E-state index in [2.05, 4.69) is 5.32 Å². The van der Waals surface area contributed by atoms with Crippen LogP contribution in [0.2, 0.25) is 0 Å². The van der Waals surface area contributed by atoms with Crippen molar-refractivity contribution in [2.45, 2.75) is 32.2 Å². The number of rotatable bonds is 8. The van der Waals surface area contributed by atoms with Gasteiger partial charge in [-0.15, -0.1) is 0 Å². The van der Waals surface area contributed by atoms with Crippen LogP contribution in [0.4, 0.5) is 4.79 Å². The van der Waals surface area contributed by atoms with Gasteiger partial charge in [0.1, 0.15) is 6.04 Å². The van der Waals surface area contributed by atoms with Gasteiger partial charge in [0.25, 0.3) is 0 Å². The minimum absolute atomic E-state index is 0.147. The molecule has 0 spiro atoms. The van der Waals surface area contributed by atoms with E-state index in [0.29, 0.717) is 6.54 Å². The first-order valence-corrected chi connectivity index (χ1v) is 5.79. The molecule has 8 heteroatoms. The van der Waals surface area contributed by atoms with E-state index < -0.39 is 24.0 Å². The summed E-state index contributed by atoms with van der Waals surface area (Å²) in [4.78, 5) is 34.3. The van der Waals surface area contributed by atoms with Gasteiger partial charge in [0.2, 0.25) is 0 Å². The predicted molar refractivity (Wildman–Crippen MR) is 64.3 cm³/mol. The zero-order valence-electron chi connectivity index (χ0n) is 10.6. The maximum absolute atomic E-state index is 11.7. The maximum Gasteiger partial charge on any atom is 0.326 e. The Bertz CT molecular complexity index is 377. The van der Waals surface area contributed by atoms with Crippen LogP contribution in [-0.4, -0.2) is 52.2 Å². The lowest BCUT2D eigenvalue weighted by Gasteiger charge is -2.22. The molecule has 0 aliphatic carbocycles. The Morgan fingerprint density at radius 1 is 1.37 bits per heavy atom. The molecule has 0 aliphatic rings. The maximum atomic E-state index is 11.7. The van der Waals surface area contributed by atoms with E-state index in [1.165, 1.54) is 4.90 Å². The van der Waals surface area contributed by atoms with Gasteiger partial charge >= 0.3 is 18.0 Å². The summed E-state index contributed by atoms with van der Waals surface area (Å²) in [6.45, 7) is 2.23. The van der Waals surface area contributed by atoms with Crippen LogP contribution >= 0.6 is 0 Å². The minimum atomic E-state index is -1.29. The summed E-state index contributed by atoms with van der Waals surface area (Å²) in [5.41, 5.74) is 0. The van der Waals surface area contributed by atoms with Crippen molar-refractivity contribution in [1.29, 1.82) is 5.26 Å². The van der Waals surface area contributed by atoms with Gasteiger partial charge in [-0.1, -0.05) is 0 Å². The van der Waals surface area contributed by atoms with Gasteiger partial charge in [0, 0.05) is 19.5 Å². The Labute approximate surface area is 110 Å². The Morgan fingerprint density at radius 3 is 2.42 bits per heavy atom. The molecule has 0 heterocycles. The van der Waals surface area contributed by atoms with Gasteiger partial charge in [-0.2, -0.15) is 5.26 Å². The molecular weight excluding hydrogens is 254 g/mol. The molecule has 0 radical (unpaired) electrons. The second kappa shape index (κ2) is 8.74. The topological polar surface area (TPSA) is 131 Å². The number of hydrogen-bond acceptors (Lipinski definition) is 4. The fraction of sp³-hybridized carbons (Fsp3) is 0.636. The van der Waals surface area contributed by atoms with Gasteiger partial charge in [-0.25, -0.2) is 9.59 Å². The Kier molecular flexibility index (Phi) is 7.68. The van der Waals surface area contributed by atoms with Gasteiger partial charge < -0.3 is 20.4 Å². The zero-order valence-corrected chi connectivity index (χ0v) is 10.6. The van der Waals surface area contributed by atoms with E-state index in [1.54, 1.807) is 6.92 Å². The highest BCUT2D eigenvalue weighted by atomic mass is 16.4. The Balaban J connectivity index is 4.47. The molecule has 0 aliphatic heterocycles. The van der Waals surface area contributed by atoms with Gasteiger partial charge in [-0.3, -0.25) is 4.79 Å². The highest BCUT2D eigenvalue weighted by molar-refractivity contribution is 5.83. The number of carboxylic acids is 2. The average Bonchev–Trinajstić information content (AvgIpc) is 2.34. The predicted octanol–water partition coefficient (Wildman–Crippen LogP) is 0.250. The number of nitriles is 1. The minimum Gasteiger partial charge on any atom is -0.481 e. The molecule has 0 aromatic rings. The molecule has 0 aromatic heterocycles. The first kappa shape index (κ1) is 16.7. The normalized spacial score (nSPS) is 11.2. The molecule has 106 valence electrons. The van der Waals surface area contributed by atoms with Crippen LogP contribution in [0.15, 0.2) is 0 Å². The summed E-state index contributed by atoms with van der Waals surface area (Å²) in [7, 11) is 0. The second-order valence-electron chi connectivity index (χ2n) is 3.76. The molecule has 8 nitrogen and oxygen atoms in total. The lowest BCUT2D eigenvalue weighted by atomic mass is 10.1. The number of nitrogens with one attached hydrogen (secondary N) is 1. The molecule has 1 atom stereocenters. The van der Waals surface area contributed by atoms with E-state index >= 15 is 0 Å². The number of carbonyl (C=O) groups is 3. The van der Waals surface area contributed by atoms with Crippen LogP contribution in [0.1, 0.15) is 26.2 Å². The van der Waals surface area contributed by atoms with Gasteiger partial charge in [0.05, 0.1) is 12.5 Å². The Morgan fingerprint density at radius 2 is 2.00 bits per heavy atom. The van der Waals surface area contributed by atoms with Gasteiger partial charge in [-0.05, 0) is 13.3 Å². The van der Waals surface area contributed by atoms with Crippen LogP contribution < -0.4 is 5.32 Å². The van der Waals surface area contributed by atoms with Crippen molar-refractivity contribution in [1.82, 2.24) is 10.2 Å². The van der Waals surface area contributed by atoms with Crippen LogP contribution in [0.25, 0.3) is 0 Å². The third kappa shape index (κ3) is 6.88. The fourth-order valence-corrected chi connectivity index (χ4v) is 1.35. The van der Waals surface area contributed by atoms with Crippen molar-refractivity contribution in [2.75, 3.05) is 13.1 Å². The summed E-state index contributed by atoms with van der Waals surface area (Å²) < 4.78 is 0. The largest absolute Gasteiger partial charge is 0.481 e. The number of carboxylic acid groups (broad SMARTS) is 2. The van der Waals surface area contributed by atoms with Crippen molar-refractivity contribution in [3.05, 3.63) is 0 Å². The lowest BCUT2D eigenvalue weighted by molar-refractivity contribution is -0.140. The lowest BCUT2D eigenvalue weighted by Crippen LogP contribution is -2.48. The quantitative estimate of drug-likeness (QED) is 0.580. The summed E-state index contributed by atoms with van der Waals surface area (Å²) in [6.07, 6.45) is -0.387. The molecule has 0 fully saturated rings. The van der Waals surface area contributed by atoms with Crippen LogP contribution in [0.5, 0.6) is 0 Å². The first-order chi connectivity index (χ1) is 8.92. The molecule has 0 bridgehead atoms. The smallest absolute Gasteiger partial charge is 0.326 e. The molecular formula is C11H17N3O5. The zero-order chi connectivity index (χ0) is 14.8. The third-order valence-corrected chi connectivity index (χ3v) is 2.41. The molecule has 0 unspecified atom stereocenters. The van der Waals surface area contributed by atoms with Crippen molar-refractivity contribution in [3.8, 4) is 6.07 Å². The molecule has 0 rings (SSSR count). The van der Waals surface area contributed by atoms with E-state index in [-0.39, 0.29) is 25.8 Å². The second-order valence-corrected chi connectivity index (χ2v) is 3.76. The number of urea groups is 1. The number of aliphatic carboxylic acids is 2. The van der Waals surface area contributed by atoms with Crippen molar-refractivity contribution >= 4 is 18.0 Å². The fourth-order valence-electron chi connectivity index (χ4n) is 1.35. The van der Waals surface area contributed by atoms with E-state index in [0.717, 1.165) is 0 Å². The van der Waals surface area contributed by atoms with Crippen LogP contribution in [0.3, 0.4) is 0 Å². The molecule has 19 heavy (non-hydrogen) atoms. The average molecular weight is 271 g/mol. The van der Waals surface area contributed by atoms with Crippen molar-refractivity contribution in [2.24, 2.45) is 0 Å². The Hall–Kier alpha value is -2.30. The third-order valence-electron chi connectivity index (χ3n) is 2.41. The molecule has 3 N–H and O–H groups in total. The molecule has 2 amide bonds. The van der Waals surface area contributed by atoms with E-state index in [1.807, 2.05) is 6.07 Å². The first-order valence-electron chi connectivity index (χ1n) is 5.79. The van der Waals surface area contributed by atoms with Crippen LogP contribution in [0, 0.1) is 11.3 Å². The standard InChI is InChI=1S/C11H17N3O5/c1-2-14(7-3-6-12)11(19)13-8(10(17)18)4-5-9(15)16/h8H,2-5,7H2,1H3,(H,13,19)(H,15,16)(H,17,18)/t8-/m0/s1. The SMILES string of the molecule is CCN(CCC#N)C(=O)N[C@@H](CCC(=O)O)C(=O)O. The van der Waals surface area contributed by atoms with Crippen molar-refractivity contribution < 1.29 is 24.6 Å². The highest BCUT2D eigenvalue weighted by Gasteiger charge is 2.23. The molecule has 0 saturated heterocycles. The van der Waals surface area contributed by atoms with Crippen LogP contribution in [-0.2, 0) is 9.59 Å². The summed E-state index contributed by atoms with van der Waals surface area (Å²) in [5.74, 6) is -2.41. The summed E-state index contributed by atoms with van der Waals surface area (Å²) in [5, 5.41) is 28.1. The van der Waals surface area contributed by atoms with Crippen molar-refractivity contribution in [3.63, 3.8) is 0 Å². The van der Waals surface area contributed by atoms with E-state index in [4.69, 9.17) is 15.5 Å². The number of nitrogens with zero attached hydrogens (tertiary/aromatic N) is 2. The molecule has 0 saturated carbocycles. The van der Waals surface area contributed by atoms with E-state index in [9.17, 15) is 14.4 Å². The number of amides is 2. The number of carbonyl (C=O) groups excluding carboxylic acids is 1. The summed E-state index contributed by atoms with van der Waals surface area (Å²) in [6, 6.07) is 0.0223. The molecule has 0 aromatic carbocycles.